The average Bonchev–Trinajstić information content (AvgIpc) is 3.96. The van der Waals surface area contributed by atoms with Crippen molar-refractivity contribution in [2.24, 2.45) is 4.99 Å². The predicted molar refractivity (Wildman–Crippen MR) is 232 cm³/mol. The molecule has 0 radical (unpaired) electrons. The van der Waals surface area contributed by atoms with Gasteiger partial charge in [0.2, 0.25) is 0 Å². The van der Waals surface area contributed by atoms with Gasteiger partial charge in [-0.2, -0.15) is 0 Å². The molecule has 0 saturated carbocycles. The molecule has 8 aromatic carbocycles. The largest absolute Gasteiger partial charge is 0.456 e. The Morgan fingerprint density at radius 1 is 0.474 bits per heavy atom. The summed E-state index contributed by atoms with van der Waals surface area (Å²) in [7, 11) is 0. The smallest absolute Gasteiger partial charge is 0.159 e. The second-order valence-corrected chi connectivity index (χ2v) is 14.7. The summed E-state index contributed by atoms with van der Waals surface area (Å²) in [6.07, 6.45) is -0.418. The standard InChI is InChI=1S/C51H34N4O2/c1-3-14-31(15-4-1)49-52-50(32-16-5-2-6-17-32)54-51(53-49)33-28-29-40-45(30-33)56-44-27-13-20-36(46(40)44)37-21-11-22-38-39-23-12-26-43(48(39)57-47(37)38)55-41-24-9-7-18-34(41)35-19-8-10-25-42(35)55/h1-30,49,51,53H,(H,52,54). The fraction of sp³-hybridized carbons (Fsp3) is 0.0392. The summed E-state index contributed by atoms with van der Waals surface area (Å²) in [5, 5.41) is 14.1. The van der Waals surface area contributed by atoms with Crippen LogP contribution in [0.15, 0.2) is 196 Å². The van der Waals surface area contributed by atoms with Crippen LogP contribution in [0.5, 0.6) is 0 Å². The molecule has 1 aliphatic rings. The summed E-state index contributed by atoms with van der Waals surface area (Å²) in [4.78, 5) is 5.18. The summed E-state index contributed by atoms with van der Waals surface area (Å²) in [6, 6.07) is 63.6. The van der Waals surface area contributed by atoms with Gasteiger partial charge in [0.25, 0.3) is 0 Å². The van der Waals surface area contributed by atoms with E-state index in [2.05, 4.69) is 173 Å². The van der Waals surface area contributed by atoms with Gasteiger partial charge >= 0.3 is 0 Å². The van der Waals surface area contributed by atoms with E-state index in [1.54, 1.807) is 0 Å². The Labute approximate surface area is 327 Å². The predicted octanol–water partition coefficient (Wildman–Crippen LogP) is 12.6. The summed E-state index contributed by atoms with van der Waals surface area (Å²) >= 11 is 0. The number of aliphatic imine (C=N–C) groups is 1. The van der Waals surface area contributed by atoms with Gasteiger partial charge in [0.05, 0.1) is 16.7 Å². The fourth-order valence-electron chi connectivity index (χ4n) is 8.90. The molecule has 12 rings (SSSR count). The van der Waals surface area contributed by atoms with E-state index in [4.69, 9.17) is 13.8 Å². The molecule has 0 fully saturated rings. The number of rotatable bonds is 5. The van der Waals surface area contributed by atoms with Crippen molar-refractivity contribution in [3.63, 3.8) is 0 Å². The normalized spacial score (nSPS) is 15.9. The van der Waals surface area contributed by atoms with E-state index in [1.807, 2.05) is 24.3 Å². The van der Waals surface area contributed by atoms with Gasteiger partial charge in [0, 0.05) is 43.4 Å². The minimum atomic E-state index is -0.295. The van der Waals surface area contributed by atoms with E-state index in [0.717, 1.165) is 94.3 Å². The third kappa shape index (κ3) is 4.98. The van der Waals surface area contributed by atoms with E-state index in [-0.39, 0.29) is 12.3 Å². The first kappa shape index (κ1) is 31.9. The van der Waals surface area contributed by atoms with Gasteiger partial charge in [-0.3, -0.25) is 5.32 Å². The summed E-state index contributed by atoms with van der Waals surface area (Å²) < 4.78 is 16.0. The lowest BCUT2D eigenvalue weighted by atomic mass is 9.97. The fourth-order valence-corrected chi connectivity index (χ4v) is 8.90. The van der Waals surface area contributed by atoms with E-state index in [1.165, 1.54) is 10.8 Å². The van der Waals surface area contributed by atoms with Crippen molar-refractivity contribution in [3.8, 4) is 16.8 Å². The molecule has 0 bridgehead atoms. The highest BCUT2D eigenvalue weighted by atomic mass is 16.3. The van der Waals surface area contributed by atoms with Gasteiger partial charge in [-0.25, -0.2) is 4.99 Å². The number of amidine groups is 1. The van der Waals surface area contributed by atoms with Gasteiger partial charge in [-0.05, 0) is 47.0 Å². The number of benzene rings is 8. The Balaban J connectivity index is 1.00. The first-order valence-electron chi connectivity index (χ1n) is 19.4. The van der Waals surface area contributed by atoms with Crippen molar-refractivity contribution in [3.05, 3.63) is 199 Å². The number of hydrogen-bond donors (Lipinski definition) is 2. The second-order valence-electron chi connectivity index (χ2n) is 14.7. The lowest BCUT2D eigenvalue weighted by molar-refractivity contribution is 0.409. The number of furan rings is 2. The third-order valence-corrected chi connectivity index (χ3v) is 11.5. The molecule has 57 heavy (non-hydrogen) atoms. The molecule has 6 nitrogen and oxygen atoms in total. The number of nitrogens with zero attached hydrogens (tertiary/aromatic N) is 2. The van der Waals surface area contributed by atoms with Gasteiger partial charge in [-0.1, -0.05) is 152 Å². The van der Waals surface area contributed by atoms with E-state index in [0.29, 0.717) is 0 Å². The van der Waals surface area contributed by atoms with Crippen LogP contribution in [0.4, 0.5) is 0 Å². The van der Waals surface area contributed by atoms with Crippen LogP contribution in [0.3, 0.4) is 0 Å². The lowest BCUT2D eigenvalue weighted by Gasteiger charge is -2.32. The molecule has 0 saturated heterocycles. The Hall–Kier alpha value is -7.41. The van der Waals surface area contributed by atoms with Crippen LogP contribution in [0.2, 0.25) is 0 Å². The van der Waals surface area contributed by atoms with Crippen LogP contribution in [-0.4, -0.2) is 10.4 Å². The zero-order valence-corrected chi connectivity index (χ0v) is 30.7. The highest BCUT2D eigenvalue weighted by Crippen LogP contribution is 2.44. The Morgan fingerprint density at radius 2 is 1.12 bits per heavy atom. The highest BCUT2D eigenvalue weighted by molar-refractivity contribution is 6.18. The molecule has 0 amide bonds. The van der Waals surface area contributed by atoms with Gasteiger partial charge < -0.3 is 18.7 Å². The van der Waals surface area contributed by atoms with E-state index >= 15 is 0 Å². The minimum absolute atomic E-state index is 0.123. The zero-order valence-electron chi connectivity index (χ0n) is 30.7. The molecule has 2 atom stereocenters. The van der Waals surface area contributed by atoms with Crippen LogP contribution in [0.25, 0.3) is 82.5 Å². The van der Waals surface area contributed by atoms with Crippen LogP contribution in [-0.2, 0) is 0 Å². The molecule has 3 aromatic heterocycles. The SMILES string of the molecule is c1ccc(C2=NC(c3ccc4c(c3)oc3cccc(-c5cccc6c5oc5c(-n7c8ccccc8c8ccccc87)cccc56)c34)NC(c3ccccc3)N2)cc1. The Morgan fingerprint density at radius 3 is 1.91 bits per heavy atom. The maximum absolute atomic E-state index is 7.04. The monoisotopic (exact) mass is 734 g/mol. The van der Waals surface area contributed by atoms with E-state index in [9.17, 15) is 0 Å². The van der Waals surface area contributed by atoms with Crippen molar-refractivity contribution in [2.45, 2.75) is 12.3 Å². The number of fused-ring (bicyclic) bond motifs is 9. The molecule has 270 valence electrons. The van der Waals surface area contributed by atoms with Gasteiger partial charge in [0.15, 0.2) is 5.58 Å². The van der Waals surface area contributed by atoms with Crippen LogP contribution in [0, 0.1) is 0 Å². The molecule has 6 heteroatoms. The molecule has 11 aromatic rings. The van der Waals surface area contributed by atoms with Crippen LogP contribution in [0.1, 0.15) is 29.0 Å². The van der Waals surface area contributed by atoms with Crippen molar-refractivity contribution in [1.82, 2.24) is 15.2 Å². The van der Waals surface area contributed by atoms with Crippen molar-refractivity contribution >= 4 is 71.5 Å². The maximum atomic E-state index is 7.04. The third-order valence-electron chi connectivity index (χ3n) is 11.5. The molecule has 2 unspecified atom stereocenters. The number of para-hydroxylation sites is 4. The summed E-state index contributed by atoms with van der Waals surface area (Å²) in [5.41, 5.74) is 12.0. The molecular weight excluding hydrogens is 701 g/mol. The zero-order chi connectivity index (χ0) is 37.5. The quantitative estimate of drug-likeness (QED) is 0.185. The molecular formula is C51H34N4O2. The summed E-state index contributed by atoms with van der Waals surface area (Å²) in [5.74, 6) is 0.848. The topological polar surface area (TPSA) is 67.6 Å². The highest BCUT2D eigenvalue weighted by Gasteiger charge is 2.27. The van der Waals surface area contributed by atoms with Crippen molar-refractivity contribution in [2.75, 3.05) is 0 Å². The van der Waals surface area contributed by atoms with Crippen molar-refractivity contribution in [1.29, 1.82) is 0 Å². The molecule has 0 aliphatic carbocycles. The van der Waals surface area contributed by atoms with Crippen LogP contribution >= 0.6 is 0 Å². The molecule has 2 N–H and O–H groups in total. The number of nitrogens with one attached hydrogen (secondary N) is 2. The van der Waals surface area contributed by atoms with E-state index < -0.39 is 0 Å². The molecule has 0 spiro atoms. The van der Waals surface area contributed by atoms with Crippen molar-refractivity contribution < 1.29 is 8.83 Å². The molecule has 1 aliphatic heterocycles. The Bertz CT molecular complexity index is 3320. The van der Waals surface area contributed by atoms with Gasteiger partial charge in [0.1, 0.15) is 34.9 Å². The number of aromatic nitrogens is 1. The lowest BCUT2D eigenvalue weighted by Crippen LogP contribution is -2.44. The maximum Gasteiger partial charge on any atom is 0.159 e. The average molecular weight is 735 g/mol. The van der Waals surface area contributed by atoms with Gasteiger partial charge in [-0.15, -0.1) is 0 Å². The Kier molecular flexibility index (Phi) is 7.03. The summed E-state index contributed by atoms with van der Waals surface area (Å²) in [6.45, 7) is 0. The molecule has 4 heterocycles. The number of hydrogen-bond acceptors (Lipinski definition) is 5. The second kappa shape index (κ2) is 12.6. The first-order chi connectivity index (χ1) is 28.3. The minimum Gasteiger partial charge on any atom is -0.456 e. The first-order valence-corrected chi connectivity index (χ1v) is 19.4. The van der Waals surface area contributed by atoms with Crippen LogP contribution < -0.4 is 10.6 Å².